The lowest BCUT2D eigenvalue weighted by Crippen LogP contribution is -2.06. The second-order valence-corrected chi connectivity index (χ2v) is 4.63. The summed E-state index contributed by atoms with van der Waals surface area (Å²) in [6.45, 7) is 3.80. The van der Waals surface area contributed by atoms with E-state index in [9.17, 15) is 5.11 Å². The van der Waals surface area contributed by atoms with E-state index in [-0.39, 0.29) is 0 Å². The molecule has 16 heavy (non-hydrogen) atoms. The topological polar surface area (TPSA) is 63.8 Å². The minimum Gasteiger partial charge on any atom is -0.387 e. The van der Waals surface area contributed by atoms with Crippen molar-refractivity contribution in [1.82, 2.24) is 19.4 Å². The molecule has 0 aliphatic rings. The van der Waals surface area contributed by atoms with E-state index in [0.29, 0.717) is 6.42 Å². The minimum atomic E-state index is -0.546. The molecule has 0 amide bonds. The maximum atomic E-state index is 10.1. The van der Waals surface area contributed by atoms with E-state index in [2.05, 4.69) is 14.7 Å². The molecule has 0 bridgehead atoms. The number of aliphatic hydroxyl groups is 1. The molecule has 0 saturated carbocycles. The monoisotopic (exact) mass is 238 g/mol. The van der Waals surface area contributed by atoms with Crippen molar-refractivity contribution in [2.75, 3.05) is 0 Å². The Hall–Kier alpha value is -1.27. The normalized spacial score (nSPS) is 13.0. The van der Waals surface area contributed by atoms with E-state index in [4.69, 9.17) is 0 Å². The van der Waals surface area contributed by atoms with E-state index in [1.807, 2.05) is 27.0 Å². The Labute approximate surface area is 97.9 Å². The van der Waals surface area contributed by atoms with Crippen LogP contribution in [0, 0.1) is 13.8 Å². The average Bonchev–Trinajstić information content (AvgIpc) is 2.74. The molecular formula is C10H14N4OS. The van der Waals surface area contributed by atoms with Gasteiger partial charge in [0.2, 0.25) is 0 Å². The summed E-state index contributed by atoms with van der Waals surface area (Å²) in [4.78, 5) is 0.832. The molecule has 2 aromatic heterocycles. The Balaban J connectivity index is 2.16. The van der Waals surface area contributed by atoms with Gasteiger partial charge in [0.25, 0.3) is 0 Å². The number of aryl methyl sites for hydroxylation is 3. The number of aromatic nitrogens is 4. The van der Waals surface area contributed by atoms with Gasteiger partial charge >= 0.3 is 0 Å². The first-order chi connectivity index (χ1) is 7.58. The van der Waals surface area contributed by atoms with Gasteiger partial charge in [-0.2, -0.15) is 5.10 Å². The highest BCUT2D eigenvalue weighted by Crippen LogP contribution is 2.23. The van der Waals surface area contributed by atoms with Gasteiger partial charge in [0.1, 0.15) is 0 Å². The Morgan fingerprint density at radius 3 is 2.75 bits per heavy atom. The van der Waals surface area contributed by atoms with Gasteiger partial charge in [-0.3, -0.25) is 4.68 Å². The third-order valence-corrected chi connectivity index (χ3v) is 3.42. The number of aliphatic hydroxyl groups excluding tert-OH is 1. The van der Waals surface area contributed by atoms with Gasteiger partial charge in [-0.25, -0.2) is 0 Å². The summed E-state index contributed by atoms with van der Waals surface area (Å²) in [6.07, 6.45) is -0.00278. The van der Waals surface area contributed by atoms with Crippen molar-refractivity contribution < 1.29 is 5.11 Å². The summed E-state index contributed by atoms with van der Waals surface area (Å²) in [5.41, 5.74) is 2.78. The second-order valence-electron chi connectivity index (χ2n) is 3.84. The van der Waals surface area contributed by atoms with Gasteiger partial charge in [0, 0.05) is 19.2 Å². The van der Waals surface area contributed by atoms with Crippen LogP contribution >= 0.6 is 11.5 Å². The predicted molar refractivity (Wildman–Crippen MR) is 61.3 cm³/mol. The molecule has 0 radical (unpaired) electrons. The van der Waals surface area contributed by atoms with Crippen LogP contribution in [0.3, 0.4) is 0 Å². The van der Waals surface area contributed by atoms with Crippen LogP contribution in [-0.4, -0.2) is 24.5 Å². The van der Waals surface area contributed by atoms with Crippen LogP contribution in [0.5, 0.6) is 0 Å². The van der Waals surface area contributed by atoms with Crippen LogP contribution in [0.1, 0.15) is 28.1 Å². The number of nitrogens with zero attached hydrogens (tertiary/aromatic N) is 4. The highest BCUT2D eigenvalue weighted by atomic mass is 32.1. The maximum absolute atomic E-state index is 10.1. The van der Waals surface area contributed by atoms with Crippen molar-refractivity contribution in [1.29, 1.82) is 0 Å². The summed E-state index contributed by atoms with van der Waals surface area (Å²) in [5, 5.41) is 18.2. The van der Waals surface area contributed by atoms with Crippen molar-refractivity contribution in [2.45, 2.75) is 26.4 Å². The molecule has 2 heterocycles. The lowest BCUT2D eigenvalue weighted by atomic mass is 10.1. The zero-order valence-corrected chi connectivity index (χ0v) is 10.3. The smallest absolute Gasteiger partial charge is 0.0972 e. The Bertz CT molecular complexity index is 491. The Morgan fingerprint density at radius 2 is 2.25 bits per heavy atom. The lowest BCUT2D eigenvalue weighted by Gasteiger charge is -2.08. The molecule has 0 saturated heterocycles. The third-order valence-electron chi connectivity index (χ3n) is 2.49. The second kappa shape index (κ2) is 4.31. The zero-order valence-electron chi connectivity index (χ0n) is 9.51. The van der Waals surface area contributed by atoms with Crippen LogP contribution in [0.4, 0.5) is 0 Å². The largest absolute Gasteiger partial charge is 0.387 e. The van der Waals surface area contributed by atoms with E-state index < -0.39 is 6.10 Å². The van der Waals surface area contributed by atoms with Crippen LogP contribution in [-0.2, 0) is 13.5 Å². The first-order valence-corrected chi connectivity index (χ1v) is 5.81. The zero-order chi connectivity index (χ0) is 11.7. The summed E-state index contributed by atoms with van der Waals surface area (Å²) in [7, 11) is 1.88. The minimum absolute atomic E-state index is 0.544. The Morgan fingerprint density at radius 1 is 1.50 bits per heavy atom. The maximum Gasteiger partial charge on any atom is 0.0972 e. The number of hydrogen-bond donors (Lipinski definition) is 1. The van der Waals surface area contributed by atoms with Crippen molar-refractivity contribution in [2.24, 2.45) is 7.05 Å². The van der Waals surface area contributed by atoms with Crippen LogP contribution in [0.25, 0.3) is 0 Å². The molecule has 0 spiro atoms. The molecular weight excluding hydrogens is 224 g/mol. The molecule has 0 aromatic carbocycles. The standard InChI is InChI=1S/C10H14N4OS/c1-6-4-8(14(3)12-6)5-9(15)10-7(2)11-13-16-10/h4,9,15H,5H2,1-3H3. The third kappa shape index (κ3) is 2.12. The average molecular weight is 238 g/mol. The highest BCUT2D eigenvalue weighted by Gasteiger charge is 2.16. The van der Waals surface area contributed by atoms with E-state index >= 15 is 0 Å². The van der Waals surface area contributed by atoms with Gasteiger partial charge in [0.15, 0.2) is 0 Å². The van der Waals surface area contributed by atoms with Crippen molar-refractivity contribution in [3.8, 4) is 0 Å². The van der Waals surface area contributed by atoms with Crippen molar-refractivity contribution in [3.63, 3.8) is 0 Å². The molecule has 0 aliphatic heterocycles. The molecule has 1 atom stereocenters. The molecule has 1 N–H and O–H groups in total. The summed E-state index contributed by atoms with van der Waals surface area (Å²) >= 11 is 1.25. The first-order valence-electron chi connectivity index (χ1n) is 5.04. The first kappa shape index (κ1) is 11.2. The van der Waals surface area contributed by atoms with Crippen LogP contribution in [0.2, 0.25) is 0 Å². The quantitative estimate of drug-likeness (QED) is 0.871. The van der Waals surface area contributed by atoms with Crippen molar-refractivity contribution in [3.05, 3.63) is 28.0 Å². The van der Waals surface area contributed by atoms with Crippen LogP contribution in [0.15, 0.2) is 6.07 Å². The predicted octanol–water partition coefficient (Wildman–Crippen LogP) is 1.16. The number of rotatable bonds is 3. The molecule has 5 nitrogen and oxygen atoms in total. The summed E-state index contributed by atoms with van der Waals surface area (Å²) in [6, 6.07) is 1.98. The molecule has 86 valence electrons. The summed E-state index contributed by atoms with van der Waals surface area (Å²) < 4.78 is 5.62. The molecule has 0 fully saturated rings. The molecule has 6 heteroatoms. The fourth-order valence-electron chi connectivity index (χ4n) is 1.69. The van der Waals surface area contributed by atoms with E-state index in [1.165, 1.54) is 11.5 Å². The molecule has 2 rings (SSSR count). The fourth-order valence-corrected chi connectivity index (χ4v) is 2.32. The van der Waals surface area contributed by atoms with E-state index in [1.54, 1.807) is 4.68 Å². The molecule has 0 aliphatic carbocycles. The van der Waals surface area contributed by atoms with Gasteiger partial charge < -0.3 is 5.11 Å². The van der Waals surface area contributed by atoms with Gasteiger partial charge in [-0.15, -0.1) is 5.10 Å². The van der Waals surface area contributed by atoms with Crippen molar-refractivity contribution >= 4 is 11.5 Å². The highest BCUT2D eigenvalue weighted by molar-refractivity contribution is 7.05. The van der Waals surface area contributed by atoms with Crippen LogP contribution < -0.4 is 0 Å². The lowest BCUT2D eigenvalue weighted by molar-refractivity contribution is 0.178. The Kier molecular flexibility index (Phi) is 3.02. The van der Waals surface area contributed by atoms with E-state index in [0.717, 1.165) is 22.0 Å². The molecule has 2 aromatic rings. The SMILES string of the molecule is Cc1cc(CC(O)c2snnc2C)n(C)n1. The van der Waals surface area contributed by atoms with Gasteiger partial charge in [-0.05, 0) is 31.4 Å². The van der Waals surface area contributed by atoms with Gasteiger partial charge in [-0.1, -0.05) is 4.49 Å². The molecule has 1 unspecified atom stereocenters. The van der Waals surface area contributed by atoms with Gasteiger partial charge in [0.05, 0.1) is 22.4 Å². The number of hydrogen-bond acceptors (Lipinski definition) is 5. The summed E-state index contributed by atoms with van der Waals surface area (Å²) in [5.74, 6) is 0. The fraction of sp³-hybridized carbons (Fsp3) is 0.500.